The lowest BCUT2D eigenvalue weighted by molar-refractivity contribution is 0.451. The summed E-state index contributed by atoms with van der Waals surface area (Å²) < 4.78 is 32.7. The summed E-state index contributed by atoms with van der Waals surface area (Å²) >= 11 is 0.832. The maximum atomic E-state index is 13.9. The third kappa shape index (κ3) is 3.78. The molecule has 19 heavy (non-hydrogen) atoms. The highest BCUT2D eigenvalue weighted by Crippen LogP contribution is 2.31. The predicted octanol–water partition coefficient (Wildman–Crippen LogP) is 3.60. The van der Waals surface area contributed by atoms with Gasteiger partial charge >= 0.3 is 0 Å². The Morgan fingerprint density at radius 1 is 1.32 bits per heavy atom. The van der Waals surface area contributed by atoms with Crippen LogP contribution >= 0.6 is 11.8 Å². The van der Waals surface area contributed by atoms with E-state index in [1.54, 1.807) is 0 Å². The molecule has 2 aromatic rings. The summed E-state index contributed by atoms with van der Waals surface area (Å²) in [6, 6.07) is 2.90. The number of benzene rings is 1. The van der Waals surface area contributed by atoms with Crippen LogP contribution in [0.4, 0.5) is 8.78 Å². The van der Waals surface area contributed by atoms with E-state index in [4.69, 9.17) is 4.42 Å². The van der Waals surface area contributed by atoms with Gasteiger partial charge in [0.1, 0.15) is 17.9 Å². The minimum atomic E-state index is -0.608. The third-order valence-electron chi connectivity index (χ3n) is 2.37. The van der Waals surface area contributed by atoms with Gasteiger partial charge in [-0.05, 0) is 29.5 Å². The lowest BCUT2D eigenvalue weighted by atomic mass is 10.2. The normalized spacial score (nSPS) is 11.2. The summed E-state index contributed by atoms with van der Waals surface area (Å²) in [5.74, 6) is -1.22. The van der Waals surface area contributed by atoms with Crippen molar-refractivity contribution in [3.63, 3.8) is 0 Å². The van der Waals surface area contributed by atoms with Crippen LogP contribution in [-0.4, -0.2) is 11.0 Å². The zero-order valence-corrected chi connectivity index (χ0v) is 11.4. The smallest absolute Gasteiger partial charge is 0.260 e. The SMILES string of the molecule is CC(C)NCc1cc(F)c(Sc2ncco2)c(F)c1. The number of halogens is 2. The monoisotopic (exact) mass is 284 g/mol. The highest BCUT2D eigenvalue weighted by atomic mass is 32.2. The fourth-order valence-electron chi connectivity index (χ4n) is 1.48. The first-order chi connectivity index (χ1) is 9.06. The van der Waals surface area contributed by atoms with Crippen LogP contribution < -0.4 is 5.32 Å². The Morgan fingerprint density at radius 2 is 2.00 bits per heavy atom. The van der Waals surface area contributed by atoms with Crippen molar-refractivity contribution in [1.29, 1.82) is 0 Å². The van der Waals surface area contributed by atoms with Gasteiger partial charge in [-0.3, -0.25) is 0 Å². The average Bonchev–Trinajstić information content (AvgIpc) is 2.84. The molecule has 102 valence electrons. The van der Waals surface area contributed by atoms with Gasteiger partial charge in [0.2, 0.25) is 0 Å². The van der Waals surface area contributed by atoms with Crippen molar-refractivity contribution in [2.75, 3.05) is 0 Å². The summed E-state index contributed by atoms with van der Waals surface area (Å²) in [4.78, 5) is 3.73. The molecule has 1 N–H and O–H groups in total. The van der Waals surface area contributed by atoms with Crippen LogP contribution in [0, 0.1) is 11.6 Å². The van der Waals surface area contributed by atoms with Gasteiger partial charge in [0.05, 0.1) is 11.1 Å². The maximum Gasteiger partial charge on any atom is 0.260 e. The van der Waals surface area contributed by atoms with Crippen molar-refractivity contribution >= 4 is 11.8 Å². The second-order valence-electron chi connectivity index (χ2n) is 4.32. The lowest BCUT2D eigenvalue weighted by Gasteiger charge is -2.10. The van der Waals surface area contributed by atoms with Gasteiger partial charge in [0.15, 0.2) is 0 Å². The first-order valence-corrected chi connectivity index (χ1v) is 6.66. The molecule has 0 amide bonds. The van der Waals surface area contributed by atoms with E-state index in [-0.39, 0.29) is 16.2 Å². The van der Waals surface area contributed by atoms with E-state index in [0.717, 1.165) is 11.8 Å². The molecule has 0 unspecified atom stereocenters. The molecule has 0 aliphatic heterocycles. The topological polar surface area (TPSA) is 38.1 Å². The molecule has 0 saturated carbocycles. The van der Waals surface area contributed by atoms with Crippen molar-refractivity contribution in [3.8, 4) is 0 Å². The Bertz CT molecular complexity index is 521. The van der Waals surface area contributed by atoms with Gasteiger partial charge in [-0.25, -0.2) is 13.8 Å². The van der Waals surface area contributed by atoms with E-state index in [1.165, 1.54) is 24.6 Å². The molecule has 0 aliphatic carbocycles. The van der Waals surface area contributed by atoms with Crippen molar-refractivity contribution in [2.45, 2.75) is 36.6 Å². The molecule has 0 radical (unpaired) electrons. The summed E-state index contributed by atoms with van der Waals surface area (Å²) in [6.07, 6.45) is 2.79. The minimum absolute atomic E-state index is 0.101. The van der Waals surface area contributed by atoms with Crippen LogP contribution in [0.15, 0.2) is 39.1 Å². The molecule has 0 bridgehead atoms. The van der Waals surface area contributed by atoms with Gasteiger partial charge in [0.25, 0.3) is 5.22 Å². The molecule has 0 atom stereocenters. The molecule has 3 nitrogen and oxygen atoms in total. The summed E-state index contributed by atoms with van der Waals surface area (Å²) in [7, 11) is 0. The molecule has 1 aromatic heterocycles. The van der Waals surface area contributed by atoms with E-state index in [0.29, 0.717) is 12.1 Å². The first kappa shape index (κ1) is 14.0. The summed E-state index contributed by atoms with van der Waals surface area (Å²) in [5, 5.41) is 3.32. The molecule has 0 fully saturated rings. The largest absolute Gasteiger partial charge is 0.440 e. The van der Waals surface area contributed by atoms with Gasteiger partial charge < -0.3 is 9.73 Å². The molecular weight excluding hydrogens is 270 g/mol. The Hall–Kier alpha value is -1.40. The fourth-order valence-corrected chi connectivity index (χ4v) is 2.19. The Kier molecular flexibility index (Phi) is 4.55. The van der Waals surface area contributed by atoms with Crippen molar-refractivity contribution < 1.29 is 13.2 Å². The number of nitrogens with one attached hydrogen (secondary N) is 1. The van der Waals surface area contributed by atoms with Crippen LogP contribution in [0.5, 0.6) is 0 Å². The average molecular weight is 284 g/mol. The van der Waals surface area contributed by atoms with Gasteiger partial charge in [-0.1, -0.05) is 13.8 Å². The Balaban J connectivity index is 2.17. The van der Waals surface area contributed by atoms with Gasteiger partial charge in [-0.15, -0.1) is 0 Å². The molecule has 2 rings (SSSR count). The Morgan fingerprint density at radius 3 is 2.53 bits per heavy atom. The summed E-state index contributed by atoms with van der Waals surface area (Å²) in [5.41, 5.74) is 0.570. The van der Waals surface area contributed by atoms with Crippen LogP contribution in [0.1, 0.15) is 19.4 Å². The zero-order valence-electron chi connectivity index (χ0n) is 10.6. The molecule has 0 spiro atoms. The molecular formula is C13H14F2N2OS. The van der Waals surface area contributed by atoms with E-state index < -0.39 is 11.6 Å². The Labute approximate surface area is 114 Å². The molecule has 1 aromatic carbocycles. The number of hydrogen-bond donors (Lipinski definition) is 1. The first-order valence-electron chi connectivity index (χ1n) is 5.85. The van der Waals surface area contributed by atoms with Gasteiger partial charge in [-0.2, -0.15) is 0 Å². The zero-order chi connectivity index (χ0) is 13.8. The second-order valence-corrected chi connectivity index (χ2v) is 5.29. The molecule has 0 saturated heterocycles. The maximum absolute atomic E-state index is 13.9. The van der Waals surface area contributed by atoms with E-state index >= 15 is 0 Å². The van der Waals surface area contributed by atoms with Crippen molar-refractivity contribution in [1.82, 2.24) is 10.3 Å². The molecule has 0 aliphatic rings. The molecule has 1 heterocycles. The number of rotatable bonds is 5. The number of hydrogen-bond acceptors (Lipinski definition) is 4. The van der Waals surface area contributed by atoms with Crippen LogP contribution in [0.2, 0.25) is 0 Å². The lowest BCUT2D eigenvalue weighted by Crippen LogP contribution is -2.22. The van der Waals surface area contributed by atoms with Crippen molar-refractivity contribution in [2.24, 2.45) is 0 Å². The highest BCUT2D eigenvalue weighted by Gasteiger charge is 2.15. The second kappa shape index (κ2) is 6.16. The standard InChI is InChI=1S/C13H14F2N2OS/c1-8(2)17-7-9-5-10(14)12(11(15)6-9)19-13-16-3-4-18-13/h3-6,8,17H,7H2,1-2H3. The predicted molar refractivity (Wildman–Crippen MR) is 69.0 cm³/mol. The number of oxazole rings is 1. The van der Waals surface area contributed by atoms with Crippen LogP contribution in [0.3, 0.4) is 0 Å². The third-order valence-corrected chi connectivity index (χ3v) is 3.34. The quantitative estimate of drug-likeness (QED) is 0.910. The minimum Gasteiger partial charge on any atom is -0.440 e. The van der Waals surface area contributed by atoms with Crippen LogP contribution in [0.25, 0.3) is 0 Å². The van der Waals surface area contributed by atoms with Gasteiger partial charge in [0, 0.05) is 12.6 Å². The number of nitrogens with zero attached hydrogens (tertiary/aromatic N) is 1. The summed E-state index contributed by atoms with van der Waals surface area (Å²) in [6.45, 7) is 4.37. The van der Waals surface area contributed by atoms with E-state index in [2.05, 4.69) is 10.3 Å². The van der Waals surface area contributed by atoms with Crippen LogP contribution in [-0.2, 0) is 6.54 Å². The number of aromatic nitrogens is 1. The van der Waals surface area contributed by atoms with E-state index in [1.807, 2.05) is 13.8 Å². The van der Waals surface area contributed by atoms with E-state index in [9.17, 15) is 8.78 Å². The fraction of sp³-hybridized carbons (Fsp3) is 0.308. The van der Waals surface area contributed by atoms with Crippen molar-refractivity contribution in [3.05, 3.63) is 41.8 Å². The molecule has 6 heteroatoms. The highest BCUT2D eigenvalue weighted by molar-refractivity contribution is 7.99.